The summed E-state index contributed by atoms with van der Waals surface area (Å²) in [4.78, 5) is 38.2. The summed E-state index contributed by atoms with van der Waals surface area (Å²) in [5, 5.41) is 9.29. The fourth-order valence-corrected chi connectivity index (χ4v) is 13.2. The first-order valence-electron chi connectivity index (χ1n) is 18.4. The number of carboxylic acids is 1. The van der Waals surface area contributed by atoms with E-state index in [4.69, 9.17) is 4.74 Å². The third kappa shape index (κ3) is 5.79. The van der Waals surface area contributed by atoms with E-state index in [2.05, 4.69) is 34.6 Å². The van der Waals surface area contributed by atoms with Crippen molar-refractivity contribution in [3.63, 3.8) is 0 Å². The Balaban J connectivity index is 1.31. The lowest BCUT2D eigenvalue weighted by atomic mass is 9.32. The summed E-state index contributed by atoms with van der Waals surface area (Å²) < 4.78 is 6.25. The van der Waals surface area contributed by atoms with Gasteiger partial charge in [0.15, 0.2) is 0 Å². The third-order valence-corrected chi connectivity index (χ3v) is 15.7. The zero-order chi connectivity index (χ0) is 33.2. The van der Waals surface area contributed by atoms with Gasteiger partial charge in [-0.25, -0.2) is 0 Å². The normalized spacial score (nSPS) is 42.0. The van der Waals surface area contributed by atoms with E-state index in [-0.39, 0.29) is 41.7 Å². The first-order chi connectivity index (χ1) is 20.8. The molecule has 2 unspecified atom stereocenters. The largest absolute Gasteiger partial charge is 0.481 e. The van der Waals surface area contributed by atoms with E-state index in [9.17, 15) is 19.5 Å². The number of esters is 1. The van der Waals surface area contributed by atoms with Crippen LogP contribution in [0, 0.1) is 56.2 Å². The molecule has 0 heterocycles. The maximum absolute atomic E-state index is 13.1. The van der Waals surface area contributed by atoms with Crippen LogP contribution in [0.25, 0.3) is 0 Å². The Bertz CT molecular complexity index is 1160. The molecule has 1 N–H and O–H groups in total. The second kappa shape index (κ2) is 11.8. The van der Waals surface area contributed by atoms with Gasteiger partial charge in [0, 0.05) is 25.9 Å². The van der Waals surface area contributed by atoms with Gasteiger partial charge in [-0.2, -0.15) is 0 Å². The Morgan fingerprint density at radius 1 is 0.822 bits per heavy atom. The molecule has 0 saturated heterocycles. The molecule has 0 aromatic carbocycles. The molecule has 5 aliphatic carbocycles. The van der Waals surface area contributed by atoms with E-state index < -0.39 is 11.4 Å². The van der Waals surface area contributed by atoms with Crippen LogP contribution in [0.4, 0.5) is 0 Å². The predicted octanol–water partition coefficient (Wildman–Crippen LogP) is 8.90. The van der Waals surface area contributed by atoms with E-state index in [1.54, 1.807) is 6.92 Å². The lowest BCUT2D eigenvalue weighted by Crippen LogP contribution is -2.66. The number of carbonyl (C=O) groups excluding carboxylic acids is 2. The quantitative estimate of drug-likeness (QED) is 0.258. The maximum Gasteiger partial charge on any atom is 0.306 e. The summed E-state index contributed by atoms with van der Waals surface area (Å²) in [6, 6.07) is 0. The van der Waals surface area contributed by atoms with Gasteiger partial charge in [0.2, 0.25) is 5.91 Å². The Kier molecular flexibility index (Phi) is 9.13. The fraction of sp³-hybridized carbons (Fsp3) is 0.923. The Hall–Kier alpha value is -1.59. The first kappa shape index (κ1) is 34.7. The molecule has 6 nitrogen and oxygen atoms in total. The van der Waals surface area contributed by atoms with Gasteiger partial charge in [-0.15, -0.1) is 0 Å². The van der Waals surface area contributed by atoms with Crippen LogP contribution in [0.2, 0.25) is 0 Å². The standard InChI is InChI=1S/C39H65NO5/c1-26(41)40(9)23-11-18-39-17-10-12-28(39)27-13-14-30-36(6)19-16-31(45-33(44)25-34(2,3)24-32(42)43)35(4,5)29(36)15-20-38(30,8)37(27,7)21-22-39/h27-31H,10-25H2,1-9H3,(H,42,43)/t27-,28-,29?,30?,31+,36+,37-,38-,39+/m1/s1. The maximum atomic E-state index is 13.1. The summed E-state index contributed by atoms with van der Waals surface area (Å²) in [5.74, 6) is 1.90. The minimum atomic E-state index is -0.871. The van der Waals surface area contributed by atoms with Crippen LogP contribution in [0.15, 0.2) is 0 Å². The lowest BCUT2D eigenvalue weighted by molar-refractivity contribution is -0.249. The SMILES string of the molecule is CC(=O)N(C)CCC[C@]12CCC[C@@H]1[C@H]1CCC3[C@@]4(C)CC[C@H](OC(=O)CC(C)(C)CC(=O)O)C(C)(C)C4CC[C@@]3(C)[C@]1(C)CC2. The zero-order valence-electron chi connectivity index (χ0n) is 30.2. The third-order valence-electron chi connectivity index (χ3n) is 15.7. The molecule has 5 saturated carbocycles. The minimum absolute atomic E-state index is 0.0317. The fourth-order valence-electron chi connectivity index (χ4n) is 13.2. The van der Waals surface area contributed by atoms with Gasteiger partial charge in [0.1, 0.15) is 6.10 Å². The summed E-state index contributed by atoms with van der Waals surface area (Å²) in [6.45, 7) is 19.0. The molecule has 5 rings (SSSR count). The van der Waals surface area contributed by atoms with Crippen LogP contribution in [-0.2, 0) is 19.1 Å². The number of aliphatic carboxylic acids is 1. The monoisotopic (exact) mass is 627 g/mol. The van der Waals surface area contributed by atoms with Crippen molar-refractivity contribution in [2.75, 3.05) is 13.6 Å². The number of ether oxygens (including phenoxy) is 1. The molecule has 256 valence electrons. The smallest absolute Gasteiger partial charge is 0.306 e. The molecule has 0 spiro atoms. The van der Waals surface area contributed by atoms with Crippen LogP contribution >= 0.6 is 0 Å². The molecule has 1 amide bonds. The molecule has 5 fully saturated rings. The van der Waals surface area contributed by atoms with Gasteiger partial charge < -0.3 is 14.7 Å². The number of rotatable bonds is 9. The van der Waals surface area contributed by atoms with Gasteiger partial charge in [-0.3, -0.25) is 14.4 Å². The van der Waals surface area contributed by atoms with Crippen LogP contribution in [-0.4, -0.2) is 47.5 Å². The van der Waals surface area contributed by atoms with Crippen molar-refractivity contribution < 1.29 is 24.2 Å². The predicted molar refractivity (Wildman–Crippen MR) is 178 cm³/mol. The highest BCUT2D eigenvalue weighted by Gasteiger charge is 2.70. The summed E-state index contributed by atoms with van der Waals surface area (Å²) in [7, 11) is 1.95. The zero-order valence-corrected chi connectivity index (χ0v) is 30.2. The van der Waals surface area contributed by atoms with E-state index in [1.165, 1.54) is 64.2 Å². The highest BCUT2D eigenvalue weighted by atomic mass is 16.5. The molecule has 6 heteroatoms. The van der Waals surface area contributed by atoms with E-state index >= 15 is 0 Å². The first-order valence-corrected chi connectivity index (χ1v) is 18.4. The Morgan fingerprint density at radius 2 is 1.53 bits per heavy atom. The second-order valence-corrected chi connectivity index (χ2v) is 18.8. The molecule has 0 aromatic heterocycles. The van der Waals surface area contributed by atoms with E-state index in [0.717, 1.165) is 37.6 Å². The minimum Gasteiger partial charge on any atom is -0.481 e. The average molecular weight is 628 g/mol. The van der Waals surface area contributed by atoms with E-state index in [1.807, 2.05) is 25.8 Å². The van der Waals surface area contributed by atoms with Gasteiger partial charge >= 0.3 is 11.9 Å². The van der Waals surface area contributed by atoms with Crippen molar-refractivity contribution in [3.8, 4) is 0 Å². The molecular weight excluding hydrogens is 562 g/mol. The highest BCUT2D eigenvalue weighted by molar-refractivity contribution is 5.73. The highest BCUT2D eigenvalue weighted by Crippen LogP contribution is 2.77. The van der Waals surface area contributed by atoms with Crippen molar-refractivity contribution in [2.24, 2.45) is 56.2 Å². The number of hydrogen-bond donors (Lipinski definition) is 1. The average Bonchev–Trinajstić information content (AvgIpc) is 3.33. The molecule has 45 heavy (non-hydrogen) atoms. The van der Waals surface area contributed by atoms with Gasteiger partial charge in [0.05, 0.1) is 12.8 Å². The summed E-state index contributed by atoms with van der Waals surface area (Å²) in [5.41, 5.74) is 0.678. The molecule has 9 atom stereocenters. The molecule has 0 aliphatic heterocycles. The topological polar surface area (TPSA) is 83.9 Å². The summed E-state index contributed by atoms with van der Waals surface area (Å²) in [6.07, 6.45) is 16.4. The van der Waals surface area contributed by atoms with Crippen LogP contribution in [0.3, 0.4) is 0 Å². The Labute approximate surface area is 274 Å². The van der Waals surface area contributed by atoms with E-state index in [0.29, 0.717) is 28.1 Å². The van der Waals surface area contributed by atoms with Gasteiger partial charge in [0.25, 0.3) is 0 Å². The van der Waals surface area contributed by atoms with Crippen molar-refractivity contribution in [3.05, 3.63) is 0 Å². The lowest BCUT2D eigenvalue weighted by Gasteiger charge is -2.72. The van der Waals surface area contributed by atoms with Crippen molar-refractivity contribution >= 4 is 17.8 Å². The molecular formula is C39H65NO5. The number of carbonyl (C=O) groups is 3. The van der Waals surface area contributed by atoms with Gasteiger partial charge in [-0.1, -0.05) is 54.9 Å². The number of hydrogen-bond acceptors (Lipinski definition) is 4. The number of nitrogens with zero attached hydrogens (tertiary/aromatic N) is 1. The Morgan fingerprint density at radius 3 is 2.20 bits per heavy atom. The number of carboxylic acid groups (broad SMARTS) is 1. The van der Waals surface area contributed by atoms with Crippen LogP contribution in [0.5, 0.6) is 0 Å². The van der Waals surface area contributed by atoms with Crippen molar-refractivity contribution in [2.45, 2.75) is 158 Å². The van der Waals surface area contributed by atoms with Crippen LogP contribution < -0.4 is 0 Å². The molecule has 0 radical (unpaired) electrons. The van der Waals surface area contributed by atoms with Gasteiger partial charge in [-0.05, 0) is 128 Å². The van der Waals surface area contributed by atoms with Crippen LogP contribution in [0.1, 0.15) is 152 Å². The molecule has 0 aromatic rings. The molecule has 5 aliphatic rings. The second-order valence-electron chi connectivity index (χ2n) is 18.8. The van der Waals surface area contributed by atoms with Crippen molar-refractivity contribution in [1.29, 1.82) is 0 Å². The molecule has 0 bridgehead atoms. The number of amides is 1. The summed E-state index contributed by atoms with van der Waals surface area (Å²) >= 11 is 0. The number of fused-ring (bicyclic) bond motifs is 7. The van der Waals surface area contributed by atoms with Crippen molar-refractivity contribution in [1.82, 2.24) is 4.90 Å².